The van der Waals surface area contributed by atoms with Crippen LogP contribution in [0, 0.1) is 13.8 Å². The van der Waals surface area contributed by atoms with E-state index in [0.717, 1.165) is 38.4 Å². The first-order valence-corrected chi connectivity index (χ1v) is 6.32. The first-order chi connectivity index (χ1) is 8.13. The van der Waals surface area contributed by atoms with E-state index in [1.165, 1.54) is 11.1 Å². The van der Waals surface area contributed by atoms with E-state index in [0.29, 0.717) is 6.04 Å². The molecule has 0 spiro atoms. The predicted octanol–water partition coefficient (Wildman–Crippen LogP) is 1.72. The zero-order valence-corrected chi connectivity index (χ0v) is 10.8. The van der Waals surface area contributed by atoms with Crippen LogP contribution >= 0.6 is 0 Å². The summed E-state index contributed by atoms with van der Waals surface area (Å²) in [5.41, 5.74) is 8.24. The number of rotatable bonds is 5. The summed E-state index contributed by atoms with van der Waals surface area (Å²) in [5, 5.41) is 0. The molecule has 0 radical (unpaired) electrons. The van der Waals surface area contributed by atoms with Crippen LogP contribution in [0.25, 0.3) is 0 Å². The summed E-state index contributed by atoms with van der Waals surface area (Å²) in [6.45, 7) is 8.17. The van der Waals surface area contributed by atoms with Crippen molar-refractivity contribution in [1.29, 1.82) is 0 Å². The number of hydrogen-bond donors (Lipinski definition) is 1. The van der Waals surface area contributed by atoms with Gasteiger partial charge < -0.3 is 15.4 Å². The molecule has 1 aliphatic rings. The van der Waals surface area contributed by atoms with Gasteiger partial charge in [0.25, 0.3) is 0 Å². The SMILES string of the molecule is Cc1cc(C)cc(OCCCN2CC(N)C2)c1. The lowest BCUT2D eigenvalue weighted by Crippen LogP contribution is -2.55. The van der Waals surface area contributed by atoms with Gasteiger partial charge in [0.2, 0.25) is 0 Å². The number of aryl methyl sites for hydroxylation is 2. The highest BCUT2D eigenvalue weighted by Gasteiger charge is 2.21. The zero-order valence-electron chi connectivity index (χ0n) is 10.8. The van der Waals surface area contributed by atoms with E-state index >= 15 is 0 Å². The van der Waals surface area contributed by atoms with Gasteiger partial charge in [-0.05, 0) is 43.5 Å². The Kier molecular flexibility index (Phi) is 4.02. The van der Waals surface area contributed by atoms with Crippen LogP contribution < -0.4 is 10.5 Å². The molecular formula is C14H22N2O. The molecule has 1 aromatic carbocycles. The van der Waals surface area contributed by atoms with E-state index in [1.54, 1.807) is 0 Å². The van der Waals surface area contributed by atoms with Crippen molar-refractivity contribution in [1.82, 2.24) is 4.90 Å². The fraction of sp³-hybridized carbons (Fsp3) is 0.571. The van der Waals surface area contributed by atoms with Gasteiger partial charge >= 0.3 is 0 Å². The van der Waals surface area contributed by atoms with Crippen LogP contribution in [0.5, 0.6) is 5.75 Å². The molecule has 0 atom stereocenters. The van der Waals surface area contributed by atoms with Crippen LogP contribution in [-0.4, -0.2) is 37.2 Å². The quantitative estimate of drug-likeness (QED) is 0.788. The molecule has 1 heterocycles. The molecule has 17 heavy (non-hydrogen) atoms. The number of ether oxygens (including phenoxy) is 1. The Morgan fingerprint density at radius 3 is 2.47 bits per heavy atom. The third kappa shape index (κ3) is 3.72. The minimum atomic E-state index is 0.398. The van der Waals surface area contributed by atoms with Crippen LogP contribution in [-0.2, 0) is 0 Å². The van der Waals surface area contributed by atoms with Crippen molar-refractivity contribution in [2.24, 2.45) is 5.73 Å². The van der Waals surface area contributed by atoms with E-state index in [4.69, 9.17) is 10.5 Å². The first-order valence-electron chi connectivity index (χ1n) is 6.32. The van der Waals surface area contributed by atoms with E-state index in [1.807, 2.05) is 0 Å². The van der Waals surface area contributed by atoms with Crippen LogP contribution in [0.1, 0.15) is 17.5 Å². The summed E-state index contributed by atoms with van der Waals surface area (Å²) in [4.78, 5) is 2.37. The lowest BCUT2D eigenvalue weighted by Gasteiger charge is -2.36. The Morgan fingerprint density at radius 1 is 1.24 bits per heavy atom. The standard InChI is InChI=1S/C14H22N2O/c1-11-6-12(2)8-14(7-11)17-5-3-4-16-9-13(15)10-16/h6-8,13H,3-5,9-10,15H2,1-2H3. The highest BCUT2D eigenvalue weighted by molar-refractivity contribution is 5.32. The number of nitrogens with zero attached hydrogens (tertiary/aromatic N) is 1. The van der Waals surface area contributed by atoms with Crippen molar-refractivity contribution in [3.05, 3.63) is 29.3 Å². The molecule has 3 heteroatoms. The van der Waals surface area contributed by atoms with Crippen LogP contribution in [0.2, 0.25) is 0 Å². The summed E-state index contributed by atoms with van der Waals surface area (Å²) in [5.74, 6) is 0.989. The van der Waals surface area contributed by atoms with E-state index in [9.17, 15) is 0 Å². The minimum absolute atomic E-state index is 0.398. The van der Waals surface area contributed by atoms with E-state index in [-0.39, 0.29) is 0 Å². The summed E-state index contributed by atoms with van der Waals surface area (Å²) in [6, 6.07) is 6.74. The van der Waals surface area contributed by atoms with Crippen LogP contribution in [0.4, 0.5) is 0 Å². The molecule has 94 valence electrons. The molecule has 2 N–H and O–H groups in total. The van der Waals surface area contributed by atoms with E-state index in [2.05, 4.69) is 36.9 Å². The topological polar surface area (TPSA) is 38.5 Å². The van der Waals surface area contributed by atoms with Gasteiger partial charge in [-0.15, -0.1) is 0 Å². The number of nitrogens with two attached hydrogens (primary N) is 1. The summed E-state index contributed by atoms with van der Waals surface area (Å²) >= 11 is 0. The molecule has 0 amide bonds. The zero-order chi connectivity index (χ0) is 12.3. The molecule has 1 fully saturated rings. The smallest absolute Gasteiger partial charge is 0.119 e. The maximum Gasteiger partial charge on any atom is 0.119 e. The van der Waals surface area contributed by atoms with Gasteiger partial charge in [0.15, 0.2) is 0 Å². The molecule has 3 nitrogen and oxygen atoms in total. The Balaban J connectivity index is 1.67. The summed E-state index contributed by atoms with van der Waals surface area (Å²) < 4.78 is 5.76. The molecule has 0 aliphatic carbocycles. The second kappa shape index (κ2) is 5.52. The molecule has 2 rings (SSSR count). The van der Waals surface area contributed by atoms with Crippen molar-refractivity contribution >= 4 is 0 Å². The number of benzene rings is 1. The summed E-state index contributed by atoms with van der Waals surface area (Å²) in [6.07, 6.45) is 1.07. The normalized spacial score (nSPS) is 16.9. The van der Waals surface area contributed by atoms with Gasteiger partial charge in [-0.25, -0.2) is 0 Å². The molecule has 0 unspecified atom stereocenters. The third-order valence-corrected chi connectivity index (χ3v) is 3.07. The van der Waals surface area contributed by atoms with Gasteiger partial charge in [-0.3, -0.25) is 0 Å². The second-order valence-corrected chi connectivity index (χ2v) is 5.05. The van der Waals surface area contributed by atoms with Gasteiger partial charge in [-0.1, -0.05) is 6.07 Å². The second-order valence-electron chi connectivity index (χ2n) is 5.05. The van der Waals surface area contributed by atoms with Crippen molar-refractivity contribution in [2.75, 3.05) is 26.2 Å². The highest BCUT2D eigenvalue weighted by Crippen LogP contribution is 2.16. The van der Waals surface area contributed by atoms with Crippen LogP contribution in [0.15, 0.2) is 18.2 Å². The maximum atomic E-state index is 5.76. The predicted molar refractivity (Wildman–Crippen MR) is 70.4 cm³/mol. The average molecular weight is 234 g/mol. The molecule has 0 bridgehead atoms. The monoisotopic (exact) mass is 234 g/mol. The van der Waals surface area contributed by atoms with Gasteiger partial charge in [-0.2, -0.15) is 0 Å². The lowest BCUT2D eigenvalue weighted by atomic mass is 10.1. The van der Waals surface area contributed by atoms with Crippen molar-refractivity contribution in [3.8, 4) is 5.75 Å². The first kappa shape index (κ1) is 12.4. The van der Waals surface area contributed by atoms with Gasteiger partial charge in [0, 0.05) is 25.7 Å². The van der Waals surface area contributed by atoms with Gasteiger partial charge in [0.1, 0.15) is 5.75 Å². The highest BCUT2D eigenvalue weighted by atomic mass is 16.5. The van der Waals surface area contributed by atoms with Crippen molar-refractivity contribution < 1.29 is 4.74 Å². The molecule has 1 aliphatic heterocycles. The fourth-order valence-corrected chi connectivity index (χ4v) is 2.29. The molecule has 1 aromatic rings. The van der Waals surface area contributed by atoms with Crippen LogP contribution in [0.3, 0.4) is 0 Å². The van der Waals surface area contributed by atoms with Crippen molar-refractivity contribution in [3.63, 3.8) is 0 Å². The van der Waals surface area contributed by atoms with Gasteiger partial charge in [0.05, 0.1) is 6.61 Å². The molecule has 1 saturated heterocycles. The largest absolute Gasteiger partial charge is 0.494 e. The molecular weight excluding hydrogens is 212 g/mol. The number of likely N-dealkylation sites (tertiary alicyclic amines) is 1. The average Bonchev–Trinajstić information content (AvgIpc) is 2.20. The summed E-state index contributed by atoms with van der Waals surface area (Å²) in [7, 11) is 0. The maximum absolute atomic E-state index is 5.76. The minimum Gasteiger partial charge on any atom is -0.494 e. The third-order valence-electron chi connectivity index (χ3n) is 3.07. The Morgan fingerprint density at radius 2 is 1.88 bits per heavy atom. The molecule has 0 aromatic heterocycles. The number of hydrogen-bond acceptors (Lipinski definition) is 3. The lowest BCUT2D eigenvalue weighted by molar-refractivity contribution is 0.139. The Hall–Kier alpha value is -1.06. The van der Waals surface area contributed by atoms with E-state index < -0.39 is 0 Å². The molecule has 0 saturated carbocycles. The Bertz CT molecular complexity index is 352. The van der Waals surface area contributed by atoms with Crippen molar-refractivity contribution in [2.45, 2.75) is 26.3 Å². The Labute approximate surface area is 104 Å². The fourth-order valence-electron chi connectivity index (χ4n) is 2.29.